The zero-order valence-corrected chi connectivity index (χ0v) is 26.0. The van der Waals surface area contributed by atoms with Crippen LogP contribution in [0, 0.1) is 30.5 Å². The normalized spacial score (nSPS) is 18.4. The van der Waals surface area contributed by atoms with Gasteiger partial charge in [0.1, 0.15) is 11.9 Å². The fourth-order valence-corrected chi connectivity index (χ4v) is 6.43. The predicted octanol–water partition coefficient (Wildman–Crippen LogP) is 4.90. The van der Waals surface area contributed by atoms with E-state index in [0.717, 1.165) is 6.21 Å². The van der Waals surface area contributed by atoms with Crippen LogP contribution in [0.4, 0.5) is 27.1 Å². The third-order valence-electron chi connectivity index (χ3n) is 8.31. The maximum absolute atomic E-state index is 17.3. The van der Waals surface area contributed by atoms with Gasteiger partial charge in [0.05, 0.1) is 46.0 Å². The number of nitrogens with two attached hydrogens (primary N) is 1. The Labute approximate surface area is 264 Å². The molecule has 0 radical (unpaired) electrons. The summed E-state index contributed by atoms with van der Waals surface area (Å²) in [4.78, 5) is 33.7. The SMILES string of the molecule is C=CC(=O)N1CC(C)N2C(=N)c3c(Nc4c(C)ccnc4C(C)O)c(F)c(-c4c(C)ccc(N)c4C=N)c(Cl)c3NC(=O)C2C1. The van der Waals surface area contributed by atoms with Crippen LogP contribution in [-0.2, 0) is 9.59 Å². The van der Waals surface area contributed by atoms with Crippen molar-refractivity contribution in [1.82, 2.24) is 14.8 Å². The number of carbonyl (C=O) groups excluding carboxylic acids is 2. The van der Waals surface area contributed by atoms with Crippen LogP contribution in [0.2, 0.25) is 5.02 Å². The molecule has 0 saturated carbocycles. The Kier molecular flexibility index (Phi) is 8.39. The van der Waals surface area contributed by atoms with Crippen molar-refractivity contribution in [1.29, 1.82) is 10.8 Å². The Hall–Kier alpha value is -4.81. The summed E-state index contributed by atoms with van der Waals surface area (Å²) >= 11 is 7.00. The highest BCUT2D eigenvalue weighted by molar-refractivity contribution is 6.39. The second kappa shape index (κ2) is 11.9. The number of halogens is 2. The predicted molar refractivity (Wildman–Crippen MR) is 174 cm³/mol. The maximum atomic E-state index is 17.3. The Morgan fingerprint density at radius 2 is 1.96 bits per heavy atom. The second-order valence-corrected chi connectivity index (χ2v) is 11.7. The number of aromatic nitrogens is 1. The number of fused-ring (bicyclic) bond motifs is 2. The number of aliphatic hydroxyl groups excluding tert-OH is 1. The van der Waals surface area contributed by atoms with Crippen molar-refractivity contribution in [2.24, 2.45) is 0 Å². The van der Waals surface area contributed by atoms with Crippen molar-refractivity contribution >= 4 is 58.2 Å². The molecule has 13 heteroatoms. The third kappa shape index (κ3) is 5.19. The van der Waals surface area contributed by atoms with E-state index in [1.165, 1.54) is 24.1 Å². The zero-order valence-electron chi connectivity index (χ0n) is 25.3. The highest BCUT2D eigenvalue weighted by Crippen LogP contribution is 2.49. The Morgan fingerprint density at radius 3 is 2.60 bits per heavy atom. The molecule has 0 bridgehead atoms. The first-order chi connectivity index (χ1) is 21.3. The van der Waals surface area contributed by atoms with Gasteiger partial charge in [0, 0.05) is 41.8 Å². The van der Waals surface area contributed by atoms with Gasteiger partial charge in [-0.25, -0.2) is 4.39 Å². The van der Waals surface area contributed by atoms with Crippen molar-refractivity contribution in [3.05, 3.63) is 75.8 Å². The number of aliphatic hydroxyl groups is 1. The van der Waals surface area contributed by atoms with E-state index in [4.69, 9.17) is 22.7 Å². The van der Waals surface area contributed by atoms with E-state index in [1.54, 1.807) is 43.9 Å². The van der Waals surface area contributed by atoms with Gasteiger partial charge in [0.25, 0.3) is 0 Å². The molecule has 0 aliphatic carbocycles. The molecule has 3 unspecified atom stereocenters. The molecule has 2 amide bonds. The average Bonchev–Trinajstić information content (AvgIpc) is 3.11. The largest absolute Gasteiger partial charge is 0.398 e. The minimum atomic E-state index is -1.03. The molecule has 234 valence electrons. The first-order valence-corrected chi connectivity index (χ1v) is 14.6. The van der Waals surface area contributed by atoms with Gasteiger partial charge in [-0.05, 0) is 62.6 Å². The number of nitrogens with one attached hydrogen (secondary N) is 4. The van der Waals surface area contributed by atoms with Gasteiger partial charge in [-0.1, -0.05) is 24.2 Å². The van der Waals surface area contributed by atoms with Crippen LogP contribution in [0.25, 0.3) is 11.1 Å². The van der Waals surface area contributed by atoms with E-state index in [9.17, 15) is 20.1 Å². The fourth-order valence-electron chi connectivity index (χ4n) is 6.11. The molecule has 7 N–H and O–H groups in total. The molecule has 2 aliphatic heterocycles. The summed E-state index contributed by atoms with van der Waals surface area (Å²) in [5.41, 5.74) is 8.29. The van der Waals surface area contributed by atoms with Gasteiger partial charge in [-0.2, -0.15) is 0 Å². The number of amidine groups is 1. The number of nitrogen functional groups attached to an aromatic ring is 1. The lowest BCUT2D eigenvalue weighted by Crippen LogP contribution is -2.63. The highest BCUT2D eigenvalue weighted by atomic mass is 35.5. The minimum Gasteiger partial charge on any atom is -0.398 e. The lowest BCUT2D eigenvalue weighted by Gasteiger charge is -2.44. The number of anilines is 4. The van der Waals surface area contributed by atoms with Gasteiger partial charge in [0.2, 0.25) is 11.8 Å². The number of carbonyl (C=O) groups is 2. The Bertz CT molecular complexity index is 1790. The topological polar surface area (TPSA) is 172 Å². The highest BCUT2D eigenvalue weighted by Gasteiger charge is 2.44. The van der Waals surface area contributed by atoms with Crippen molar-refractivity contribution < 1.29 is 19.1 Å². The number of amides is 2. The number of rotatable bonds is 6. The van der Waals surface area contributed by atoms with Gasteiger partial charge in [-0.3, -0.25) is 20.0 Å². The molecule has 1 aromatic heterocycles. The molecule has 45 heavy (non-hydrogen) atoms. The molecule has 1 fully saturated rings. The standard InChI is InChI=1S/C32H34ClFN8O3/c1-6-21(44)41-12-16(4)42-20(13-41)32(45)40-29-24(31(42)37)30(39-27-15(3)9-10-38-28(27)17(5)43)26(34)23(25(29)33)22-14(2)7-8-19(36)18(22)11-35/h6-11,16-17,20,35,37,39,43H,1,12-13,36H2,2-5H3,(H,40,45). The lowest BCUT2D eigenvalue weighted by molar-refractivity contribution is -0.132. The van der Waals surface area contributed by atoms with Gasteiger partial charge >= 0.3 is 0 Å². The fraction of sp³-hybridized carbons (Fsp3) is 0.281. The lowest BCUT2D eigenvalue weighted by atomic mass is 9.90. The van der Waals surface area contributed by atoms with E-state index in [0.29, 0.717) is 16.8 Å². The summed E-state index contributed by atoms with van der Waals surface area (Å²) in [6, 6.07) is 3.47. The molecule has 5 rings (SSSR count). The van der Waals surface area contributed by atoms with Crippen molar-refractivity contribution in [2.45, 2.75) is 45.9 Å². The quantitative estimate of drug-likeness (QED) is 0.127. The van der Waals surface area contributed by atoms with Crippen LogP contribution in [0.1, 0.15) is 47.9 Å². The number of hydrogen-bond acceptors (Lipinski definition) is 8. The van der Waals surface area contributed by atoms with E-state index in [1.807, 2.05) is 0 Å². The Morgan fingerprint density at radius 1 is 1.24 bits per heavy atom. The number of aryl methyl sites for hydroxylation is 2. The first-order valence-electron chi connectivity index (χ1n) is 14.3. The smallest absolute Gasteiger partial charge is 0.249 e. The summed E-state index contributed by atoms with van der Waals surface area (Å²) in [5, 5.41) is 33.8. The van der Waals surface area contributed by atoms with E-state index >= 15 is 4.39 Å². The second-order valence-electron chi connectivity index (χ2n) is 11.3. The van der Waals surface area contributed by atoms with Gasteiger partial charge < -0.3 is 36.7 Å². The van der Waals surface area contributed by atoms with Crippen LogP contribution < -0.4 is 16.4 Å². The molecule has 2 aliphatic rings. The monoisotopic (exact) mass is 632 g/mol. The molecular formula is C32H34ClFN8O3. The summed E-state index contributed by atoms with van der Waals surface area (Å²) in [6.45, 7) is 10.5. The van der Waals surface area contributed by atoms with Crippen LogP contribution in [0.5, 0.6) is 0 Å². The number of pyridine rings is 1. The molecule has 2 aromatic carbocycles. The summed E-state index contributed by atoms with van der Waals surface area (Å²) in [7, 11) is 0. The molecule has 3 aromatic rings. The van der Waals surface area contributed by atoms with Crippen LogP contribution in [0.3, 0.4) is 0 Å². The van der Waals surface area contributed by atoms with Gasteiger partial charge in [0.15, 0.2) is 5.82 Å². The van der Waals surface area contributed by atoms with Gasteiger partial charge in [-0.15, -0.1) is 0 Å². The van der Waals surface area contributed by atoms with Crippen LogP contribution in [0.15, 0.2) is 37.1 Å². The van der Waals surface area contributed by atoms with Crippen LogP contribution in [-0.4, -0.2) is 68.9 Å². The first kappa shape index (κ1) is 31.6. The molecule has 3 atom stereocenters. The Balaban J connectivity index is 1.85. The van der Waals surface area contributed by atoms with E-state index in [-0.39, 0.29) is 74.9 Å². The van der Waals surface area contributed by atoms with Crippen molar-refractivity contribution in [2.75, 3.05) is 29.5 Å². The third-order valence-corrected chi connectivity index (χ3v) is 8.69. The summed E-state index contributed by atoms with van der Waals surface area (Å²) < 4.78 is 17.3. The molecule has 3 heterocycles. The van der Waals surface area contributed by atoms with Crippen LogP contribution >= 0.6 is 11.6 Å². The van der Waals surface area contributed by atoms with Crippen molar-refractivity contribution in [3.63, 3.8) is 0 Å². The number of nitrogens with zero attached hydrogens (tertiary/aromatic N) is 3. The maximum Gasteiger partial charge on any atom is 0.249 e. The summed E-state index contributed by atoms with van der Waals surface area (Å²) in [6.07, 6.45) is 2.68. The van der Waals surface area contributed by atoms with E-state index in [2.05, 4.69) is 22.2 Å². The summed E-state index contributed by atoms with van der Waals surface area (Å²) in [5.74, 6) is -1.96. The average molecular weight is 633 g/mol. The van der Waals surface area contributed by atoms with Crippen molar-refractivity contribution in [3.8, 4) is 11.1 Å². The number of hydrogen-bond donors (Lipinski definition) is 6. The zero-order chi connectivity index (χ0) is 32.9. The van der Waals surface area contributed by atoms with E-state index < -0.39 is 29.9 Å². The molecule has 11 nitrogen and oxygen atoms in total. The minimum absolute atomic E-state index is 0.0216. The number of piperazine rings is 1. The molecular weight excluding hydrogens is 599 g/mol. The number of benzene rings is 2. The molecule has 0 spiro atoms. The molecule has 1 saturated heterocycles.